The van der Waals surface area contributed by atoms with Gasteiger partial charge in [-0.2, -0.15) is 0 Å². The number of rotatable bonds is 9. The third kappa shape index (κ3) is 6.19. The zero-order chi connectivity index (χ0) is 19.8. The van der Waals surface area contributed by atoms with Crippen LogP contribution in [0.1, 0.15) is 71.6 Å². The molecule has 1 amide bonds. The summed E-state index contributed by atoms with van der Waals surface area (Å²) in [5.41, 5.74) is 0. The Morgan fingerprint density at radius 1 is 1.15 bits per heavy atom. The van der Waals surface area contributed by atoms with Crippen molar-refractivity contribution in [3.63, 3.8) is 0 Å². The van der Waals surface area contributed by atoms with Gasteiger partial charge in [0.05, 0.1) is 12.6 Å². The van der Waals surface area contributed by atoms with E-state index in [1.54, 1.807) is 13.8 Å². The number of carboxylic acid groups (broad SMARTS) is 1. The van der Waals surface area contributed by atoms with Gasteiger partial charge in [-0.05, 0) is 45.4 Å². The second-order valence-electron chi connectivity index (χ2n) is 7.80. The molecule has 2 aliphatic rings. The molecular weight excluding hydrogens is 348 g/mol. The lowest BCUT2D eigenvalue weighted by molar-refractivity contribution is -0.150. The van der Waals surface area contributed by atoms with Crippen LogP contribution in [0.2, 0.25) is 0 Å². The number of likely N-dealkylation sites (tertiary alicyclic amines) is 1. The molecule has 0 unspecified atom stereocenters. The summed E-state index contributed by atoms with van der Waals surface area (Å²) < 4.78 is 5.19. The van der Waals surface area contributed by atoms with Crippen molar-refractivity contribution in [3.05, 3.63) is 0 Å². The molecule has 2 fully saturated rings. The zero-order valence-electron chi connectivity index (χ0n) is 16.6. The van der Waals surface area contributed by atoms with Crippen molar-refractivity contribution >= 4 is 17.8 Å². The average molecular weight is 383 g/mol. The number of nitrogens with zero attached hydrogens (tertiary/aromatic N) is 1. The molecular formula is C20H34N2O5. The van der Waals surface area contributed by atoms with Crippen molar-refractivity contribution in [3.8, 4) is 0 Å². The van der Waals surface area contributed by atoms with Crippen molar-refractivity contribution in [1.29, 1.82) is 0 Å². The first-order chi connectivity index (χ1) is 12.9. The highest BCUT2D eigenvalue weighted by Gasteiger charge is 2.37. The topological polar surface area (TPSA) is 95.9 Å². The lowest BCUT2D eigenvalue weighted by Crippen LogP contribution is -2.53. The summed E-state index contributed by atoms with van der Waals surface area (Å²) in [6.45, 7) is 4.22. The molecule has 0 aromatic carbocycles. The van der Waals surface area contributed by atoms with Crippen LogP contribution >= 0.6 is 0 Å². The second-order valence-corrected chi connectivity index (χ2v) is 7.80. The zero-order valence-corrected chi connectivity index (χ0v) is 16.6. The Bertz CT molecular complexity index is 519. The number of nitrogens with one attached hydrogen (secondary N) is 1. The number of amides is 1. The first-order valence-electron chi connectivity index (χ1n) is 10.4. The molecule has 0 spiro atoms. The lowest BCUT2D eigenvalue weighted by Gasteiger charge is -2.29. The molecule has 2 rings (SSSR count). The molecule has 0 aromatic rings. The van der Waals surface area contributed by atoms with Crippen LogP contribution in [0.15, 0.2) is 0 Å². The minimum absolute atomic E-state index is 0.258. The normalized spacial score (nSPS) is 23.0. The Morgan fingerprint density at radius 3 is 2.48 bits per heavy atom. The van der Waals surface area contributed by atoms with Gasteiger partial charge in [0.2, 0.25) is 5.91 Å². The van der Waals surface area contributed by atoms with Crippen LogP contribution in [0, 0.1) is 5.92 Å². The molecule has 1 aliphatic carbocycles. The fourth-order valence-corrected chi connectivity index (χ4v) is 4.30. The van der Waals surface area contributed by atoms with Gasteiger partial charge in [-0.25, -0.2) is 4.79 Å². The molecule has 3 atom stereocenters. The van der Waals surface area contributed by atoms with Crippen molar-refractivity contribution in [2.45, 2.75) is 89.8 Å². The van der Waals surface area contributed by atoms with Gasteiger partial charge < -0.3 is 14.7 Å². The number of hydrogen-bond donors (Lipinski definition) is 2. The van der Waals surface area contributed by atoms with Crippen LogP contribution in [0.4, 0.5) is 0 Å². The molecule has 0 radical (unpaired) electrons. The van der Waals surface area contributed by atoms with Gasteiger partial charge in [0.15, 0.2) is 0 Å². The maximum atomic E-state index is 12.7. The average Bonchev–Trinajstić information content (AvgIpc) is 3.15. The van der Waals surface area contributed by atoms with E-state index in [2.05, 4.69) is 5.32 Å². The SMILES string of the molecule is CCOC(=O)[C@H](CCC1CCCCC1)N[C@@H](C)C(=O)N1CCC[C@@H]1C(=O)O. The van der Waals surface area contributed by atoms with E-state index in [0.717, 1.165) is 6.42 Å². The molecule has 7 heteroatoms. The molecule has 7 nitrogen and oxygen atoms in total. The fraction of sp³-hybridized carbons (Fsp3) is 0.850. The first-order valence-corrected chi connectivity index (χ1v) is 10.4. The van der Waals surface area contributed by atoms with E-state index < -0.39 is 24.1 Å². The number of aliphatic carboxylic acids is 1. The highest BCUT2D eigenvalue weighted by atomic mass is 16.5. The van der Waals surface area contributed by atoms with Gasteiger partial charge in [-0.15, -0.1) is 0 Å². The van der Waals surface area contributed by atoms with Crippen LogP contribution in [0.25, 0.3) is 0 Å². The molecule has 2 N–H and O–H groups in total. The van der Waals surface area contributed by atoms with Crippen molar-refractivity contribution in [1.82, 2.24) is 10.2 Å². The van der Waals surface area contributed by atoms with Gasteiger partial charge in [-0.1, -0.05) is 32.1 Å². The summed E-state index contributed by atoms with van der Waals surface area (Å²) in [5, 5.41) is 12.4. The van der Waals surface area contributed by atoms with Gasteiger partial charge in [0.1, 0.15) is 12.1 Å². The minimum Gasteiger partial charge on any atom is -0.480 e. The second kappa shape index (κ2) is 10.6. The van der Waals surface area contributed by atoms with Gasteiger partial charge in [0, 0.05) is 6.54 Å². The van der Waals surface area contributed by atoms with Gasteiger partial charge in [0.25, 0.3) is 0 Å². The Balaban J connectivity index is 1.94. The van der Waals surface area contributed by atoms with Crippen molar-refractivity contribution in [2.24, 2.45) is 5.92 Å². The number of carbonyl (C=O) groups is 3. The van der Waals surface area contributed by atoms with Crippen LogP contribution in [-0.2, 0) is 19.1 Å². The Labute approximate surface area is 161 Å². The van der Waals surface area contributed by atoms with Gasteiger partial charge in [-0.3, -0.25) is 14.9 Å². The summed E-state index contributed by atoms with van der Waals surface area (Å²) in [7, 11) is 0. The molecule has 1 saturated carbocycles. The summed E-state index contributed by atoms with van der Waals surface area (Å²) in [6.07, 6.45) is 8.97. The van der Waals surface area contributed by atoms with Crippen molar-refractivity contribution in [2.75, 3.05) is 13.2 Å². The van der Waals surface area contributed by atoms with E-state index in [1.807, 2.05) is 0 Å². The number of carboxylic acids is 1. The Morgan fingerprint density at radius 2 is 1.85 bits per heavy atom. The first kappa shape index (κ1) is 21.7. The van der Waals surface area contributed by atoms with Crippen LogP contribution in [-0.4, -0.2) is 59.1 Å². The van der Waals surface area contributed by atoms with E-state index in [9.17, 15) is 19.5 Å². The fourth-order valence-electron chi connectivity index (χ4n) is 4.30. The molecule has 1 saturated heterocycles. The van der Waals surface area contributed by atoms with Crippen LogP contribution < -0.4 is 5.32 Å². The third-order valence-electron chi connectivity index (χ3n) is 5.80. The van der Waals surface area contributed by atoms with E-state index in [0.29, 0.717) is 38.3 Å². The minimum atomic E-state index is -0.965. The lowest BCUT2D eigenvalue weighted by atomic mass is 9.85. The highest BCUT2D eigenvalue weighted by Crippen LogP contribution is 2.28. The monoisotopic (exact) mass is 382 g/mol. The smallest absolute Gasteiger partial charge is 0.326 e. The molecule has 27 heavy (non-hydrogen) atoms. The number of ether oxygens (including phenoxy) is 1. The summed E-state index contributed by atoms with van der Waals surface area (Å²) >= 11 is 0. The predicted molar refractivity (Wildman–Crippen MR) is 101 cm³/mol. The Hall–Kier alpha value is -1.63. The molecule has 1 heterocycles. The van der Waals surface area contributed by atoms with Crippen LogP contribution in [0.3, 0.4) is 0 Å². The van der Waals surface area contributed by atoms with Crippen LogP contribution in [0.5, 0.6) is 0 Å². The quantitative estimate of drug-likeness (QED) is 0.594. The molecule has 0 bridgehead atoms. The Kier molecular flexibility index (Phi) is 8.54. The number of esters is 1. The third-order valence-corrected chi connectivity index (χ3v) is 5.80. The molecule has 154 valence electrons. The predicted octanol–water partition coefficient (Wildman–Crippen LogP) is 2.33. The van der Waals surface area contributed by atoms with E-state index >= 15 is 0 Å². The maximum Gasteiger partial charge on any atom is 0.326 e. The number of carbonyl (C=O) groups excluding carboxylic acids is 2. The van der Waals surface area contributed by atoms with E-state index in [1.165, 1.54) is 37.0 Å². The standard InChI is InChI=1S/C20H34N2O5/c1-3-27-20(26)16(12-11-15-8-5-4-6-9-15)21-14(2)18(23)22-13-7-10-17(22)19(24)25/h14-17,21H,3-13H2,1-2H3,(H,24,25)/t14-,16-,17+/m0/s1. The van der Waals surface area contributed by atoms with Crippen molar-refractivity contribution < 1.29 is 24.2 Å². The van der Waals surface area contributed by atoms with E-state index in [4.69, 9.17) is 4.74 Å². The number of hydrogen-bond acceptors (Lipinski definition) is 5. The summed E-state index contributed by atoms with van der Waals surface area (Å²) in [5.74, 6) is -0.915. The van der Waals surface area contributed by atoms with Gasteiger partial charge >= 0.3 is 11.9 Å². The molecule has 1 aliphatic heterocycles. The van der Waals surface area contributed by atoms with E-state index in [-0.39, 0.29) is 11.9 Å². The molecule has 0 aromatic heterocycles. The largest absolute Gasteiger partial charge is 0.480 e. The maximum absolute atomic E-state index is 12.7. The summed E-state index contributed by atoms with van der Waals surface area (Å²) in [4.78, 5) is 37.9. The summed E-state index contributed by atoms with van der Waals surface area (Å²) in [6, 6.07) is -1.91. The highest BCUT2D eigenvalue weighted by molar-refractivity contribution is 5.88.